The molecule has 1 aromatic carbocycles. The van der Waals surface area contributed by atoms with E-state index in [1.807, 2.05) is 40.6 Å². The molecule has 0 amide bonds. The number of thioether (sulfide) groups is 1. The first-order chi connectivity index (χ1) is 10.8. The van der Waals surface area contributed by atoms with E-state index in [4.69, 9.17) is 0 Å². The van der Waals surface area contributed by atoms with Gasteiger partial charge in [-0.3, -0.25) is 4.40 Å². The molecule has 0 saturated heterocycles. The molecule has 22 heavy (non-hydrogen) atoms. The van der Waals surface area contributed by atoms with Gasteiger partial charge in [-0.05, 0) is 24.6 Å². The maximum Gasteiger partial charge on any atom is 0.160 e. The van der Waals surface area contributed by atoms with Gasteiger partial charge in [0.15, 0.2) is 11.5 Å². The molecule has 0 fully saturated rings. The van der Waals surface area contributed by atoms with E-state index in [0.717, 1.165) is 29.5 Å². The number of hydrogen-bond donors (Lipinski definition) is 1. The molecule has 3 aromatic rings. The van der Waals surface area contributed by atoms with Crippen LogP contribution in [0.2, 0.25) is 0 Å². The molecule has 0 aliphatic rings. The lowest BCUT2D eigenvalue weighted by atomic mass is 10.2. The summed E-state index contributed by atoms with van der Waals surface area (Å²) in [5.41, 5.74) is 2.27. The average molecular weight is 312 g/mol. The smallest absolute Gasteiger partial charge is 0.160 e. The summed E-state index contributed by atoms with van der Waals surface area (Å²) < 4.78 is 2.04. The highest BCUT2D eigenvalue weighted by atomic mass is 32.2. The molecule has 1 N–H and O–H groups in total. The van der Waals surface area contributed by atoms with Crippen LogP contribution in [0.3, 0.4) is 0 Å². The first-order valence-electron chi connectivity index (χ1n) is 7.49. The molecule has 114 valence electrons. The molecule has 5 heteroatoms. The van der Waals surface area contributed by atoms with E-state index in [-0.39, 0.29) is 6.04 Å². The maximum atomic E-state index is 4.29. The fraction of sp³-hybridized carbons (Fsp3) is 0.294. The van der Waals surface area contributed by atoms with Crippen molar-refractivity contribution < 1.29 is 0 Å². The van der Waals surface area contributed by atoms with Crippen molar-refractivity contribution in [2.45, 2.75) is 18.7 Å². The van der Waals surface area contributed by atoms with Crippen LogP contribution in [0, 0.1) is 0 Å². The van der Waals surface area contributed by atoms with Crippen LogP contribution < -0.4 is 5.32 Å². The Hall–Kier alpha value is -1.85. The summed E-state index contributed by atoms with van der Waals surface area (Å²) in [5.74, 6) is 3.10. The summed E-state index contributed by atoms with van der Waals surface area (Å²) in [7, 11) is 0. The third kappa shape index (κ3) is 3.67. The Labute approximate surface area is 135 Å². The van der Waals surface area contributed by atoms with Gasteiger partial charge in [-0.1, -0.05) is 36.4 Å². The molecule has 0 spiro atoms. The predicted molar refractivity (Wildman–Crippen MR) is 92.0 cm³/mol. The summed E-state index contributed by atoms with van der Waals surface area (Å²) in [6, 6.07) is 16.7. The molecule has 0 aliphatic carbocycles. The quantitative estimate of drug-likeness (QED) is 0.680. The summed E-state index contributed by atoms with van der Waals surface area (Å²) in [6.45, 7) is 3.09. The van der Waals surface area contributed by atoms with Crippen molar-refractivity contribution in [3.8, 4) is 0 Å². The monoisotopic (exact) mass is 312 g/mol. The van der Waals surface area contributed by atoms with Crippen molar-refractivity contribution in [2.75, 3.05) is 12.3 Å². The molecular formula is C17H20N4S. The number of fused-ring (bicyclic) bond motifs is 1. The van der Waals surface area contributed by atoms with Gasteiger partial charge in [0.25, 0.3) is 0 Å². The van der Waals surface area contributed by atoms with Gasteiger partial charge in [-0.25, -0.2) is 0 Å². The van der Waals surface area contributed by atoms with Gasteiger partial charge in [0, 0.05) is 24.2 Å². The normalized spacial score (nSPS) is 12.6. The first-order valence-corrected chi connectivity index (χ1v) is 8.65. The Morgan fingerprint density at radius 3 is 2.77 bits per heavy atom. The summed E-state index contributed by atoms with van der Waals surface area (Å²) in [5, 5.41) is 12.0. The third-order valence-corrected chi connectivity index (χ3v) is 4.57. The molecular weight excluding hydrogens is 292 g/mol. The number of hydrogen-bond acceptors (Lipinski definition) is 4. The fourth-order valence-corrected chi connectivity index (χ4v) is 3.19. The number of nitrogens with zero attached hydrogens (tertiary/aromatic N) is 3. The van der Waals surface area contributed by atoms with Gasteiger partial charge < -0.3 is 5.32 Å². The molecule has 0 radical (unpaired) electrons. The minimum absolute atomic E-state index is 0.190. The van der Waals surface area contributed by atoms with Crippen LogP contribution in [-0.4, -0.2) is 26.9 Å². The number of nitrogens with one attached hydrogen (secondary N) is 1. The lowest BCUT2D eigenvalue weighted by Gasteiger charge is -2.12. The van der Waals surface area contributed by atoms with Crippen LogP contribution >= 0.6 is 11.8 Å². The molecule has 2 aromatic heterocycles. The summed E-state index contributed by atoms with van der Waals surface area (Å²) in [6.07, 6.45) is 2.01. The lowest BCUT2D eigenvalue weighted by molar-refractivity contribution is 0.563. The molecule has 0 saturated carbocycles. The number of benzene rings is 1. The maximum absolute atomic E-state index is 4.29. The van der Waals surface area contributed by atoms with Gasteiger partial charge >= 0.3 is 0 Å². The summed E-state index contributed by atoms with van der Waals surface area (Å²) in [4.78, 5) is 0. The molecule has 3 rings (SSSR count). The largest absolute Gasteiger partial charge is 0.307 e. The zero-order valence-corrected chi connectivity index (χ0v) is 13.5. The Balaban J connectivity index is 1.45. The minimum atomic E-state index is 0.190. The molecule has 2 heterocycles. The van der Waals surface area contributed by atoms with E-state index >= 15 is 0 Å². The Morgan fingerprint density at radius 2 is 1.91 bits per heavy atom. The van der Waals surface area contributed by atoms with Crippen molar-refractivity contribution in [1.82, 2.24) is 19.9 Å². The number of aromatic nitrogens is 3. The Morgan fingerprint density at radius 1 is 1.09 bits per heavy atom. The Bertz CT molecular complexity index is 711. The Kier molecular flexibility index (Phi) is 5.08. The molecule has 0 aliphatic heterocycles. The van der Waals surface area contributed by atoms with Crippen LogP contribution in [0.1, 0.15) is 24.4 Å². The third-order valence-electron chi connectivity index (χ3n) is 3.54. The second kappa shape index (κ2) is 7.42. The van der Waals surface area contributed by atoms with Gasteiger partial charge in [-0.2, -0.15) is 11.8 Å². The fourth-order valence-electron chi connectivity index (χ4n) is 2.36. The molecule has 1 atom stereocenters. The van der Waals surface area contributed by atoms with Crippen molar-refractivity contribution in [1.29, 1.82) is 0 Å². The van der Waals surface area contributed by atoms with Crippen LogP contribution in [0.15, 0.2) is 54.7 Å². The highest BCUT2D eigenvalue weighted by molar-refractivity contribution is 7.98. The zero-order chi connectivity index (χ0) is 15.2. The zero-order valence-electron chi connectivity index (χ0n) is 12.6. The van der Waals surface area contributed by atoms with Crippen molar-refractivity contribution >= 4 is 17.4 Å². The molecule has 4 nitrogen and oxygen atoms in total. The summed E-state index contributed by atoms with van der Waals surface area (Å²) >= 11 is 1.94. The van der Waals surface area contributed by atoms with E-state index in [1.165, 1.54) is 5.56 Å². The highest BCUT2D eigenvalue weighted by Crippen LogP contribution is 2.13. The highest BCUT2D eigenvalue weighted by Gasteiger charge is 2.11. The van der Waals surface area contributed by atoms with E-state index in [0.29, 0.717) is 0 Å². The van der Waals surface area contributed by atoms with E-state index in [1.54, 1.807) is 0 Å². The second-order valence-corrected chi connectivity index (χ2v) is 6.31. The van der Waals surface area contributed by atoms with Crippen molar-refractivity contribution in [2.24, 2.45) is 0 Å². The minimum Gasteiger partial charge on any atom is -0.307 e. The topological polar surface area (TPSA) is 42.2 Å². The van der Waals surface area contributed by atoms with Crippen LogP contribution in [0.4, 0.5) is 0 Å². The molecule has 0 bridgehead atoms. The molecule has 0 unspecified atom stereocenters. The van der Waals surface area contributed by atoms with Gasteiger partial charge in [0.2, 0.25) is 0 Å². The van der Waals surface area contributed by atoms with E-state index in [9.17, 15) is 0 Å². The van der Waals surface area contributed by atoms with Gasteiger partial charge in [0.05, 0.1) is 6.04 Å². The van der Waals surface area contributed by atoms with Crippen LogP contribution in [-0.2, 0) is 5.75 Å². The van der Waals surface area contributed by atoms with Gasteiger partial charge in [0.1, 0.15) is 0 Å². The van der Waals surface area contributed by atoms with Crippen LogP contribution in [0.25, 0.3) is 5.65 Å². The average Bonchev–Trinajstić information content (AvgIpc) is 2.99. The number of pyridine rings is 1. The SMILES string of the molecule is C[C@@H](NCCSCc1ccccc1)c1nnc2ccccn12. The lowest BCUT2D eigenvalue weighted by Crippen LogP contribution is -2.23. The van der Waals surface area contributed by atoms with Crippen molar-refractivity contribution in [3.05, 3.63) is 66.1 Å². The number of rotatable bonds is 7. The van der Waals surface area contributed by atoms with E-state index < -0.39 is 0 Å². The second-order valence-electron chi connectivity index (χ2n) is 5.20. The first kappa shape index (κ1) is 15.1. The van der Waals surface area contributed by atoms with Crippen LogP contribution in [0.5, 0.6) is 0 Å². The predicted octanol–water partition coefficient (Wildman–Crippen LogP) is 3.31. The van der Waals surface area contributed by atoms with E-state index in [2.05, 4.69) is 52.8 Å². The standard InChI is InChI=1S/C17H20N4S/c1-14(17-20-19-16-9-5-6-11-21(16)17)18-10-12-22-13-15-7-3-2-4-8-15/h2-9,11,14,18H,10,12-13H2,1H3/t14-/m1/s1. The van der Waals surface area contributed by atoms with Gasteiger partial charge in [-0.15, -0.1) is 10.2 Å². The van der Waals surface area contributed by atoms with Crippen molar-refractivity contribution in [3.63, 3.8) is 0 Å².